The number of nitrogens with two attached hydrogens (primary N) is 1. The normalized spacial score (nSPS) is 18.1. The van der Waals surface area contributed by atoms with Crippen LogP contribution in [-0.2, 0) is 9.47 Å². The maximum absolute atomic E-state index is 12.3. The Balaban J connectivity index is 1.69. The molecule has 0 aliphatic carbocycles. The van der Waals surface area contributed by atoms with Gasteiger partial charge in [0, 0.05) is 49.4 Å². The minimum Gasteiger partial charge on any atom is -0.401 e. The lowest BCUT2D eigenvalue weighted by Gasteiger charge is -2.29. The fourth-order valence-corrected chi connectivity index (χ4v) is 3.70. The third-order valence-corrected chi connectivity index (χ3v) is 5.60. The number of aliphatic imine (C=N–C) groups is 1. The lowest BCUT2D eigenvalue weighted by molar-refractivity contribution is 0.0564. The number of amidine groups is 1. The number of amides is 2. The van der Waals surface area contributed by atoms with Gasteiger partial charge >= 0.3 is 6.03 Å². The molecule has 0 atom stereocenters. The van der Waals surface area contributed by atoms with Crippen LogP contribution in [-0.4, -0.2) is 86.3 Å². The smallest absolute Gasteiger partial charge is 0.321 e. The van der Waals surface area contributed by atoms with Gasteiger partial charge in [-0.3, -0.25) is 0 Å². The Morgan fingerprint density at radius 2 is 1.71 bits per heavy atom. The summed E-state index contributed by atoms with van der Waals surface area (Å²) in [5, 5.41) is 2.93. The van der Waals surface area contributed by atoms with Gasteiger partial charge in [-0.05, 0) is 24.0 Å². The summed E-state index contributed by atoms with van der Waals surface area (Å²) in [5.41, 5.74) is 9.18. The average molecular weight is 446 g/mol. The Hall–Kier alpha value is -2.49. The van der Waals surface area contributed by atoms with E-state index in [-0.39, 0.29) is 6.03 Å². The van der Waals surface area contributed by atoms with Gasteiger partial charge in [-0.2, -0.15) is 11.8 Å². The van der Waals surface area contributed by atoms with Crippen LogP contribution in [0, 0.1) is 0 Å². The van der Waals surface area contributed by atoms with Crippen LogP contribution in [0.1, 0.15) is 5.56 Å². The van der Waals surface area contributed by atoms with Crippen LogP contribution in [0.3, 0.4) is 0 Å². The number of hydrogen-bond acceptors (Lipinski definition) is 6. The fourth-order valence-electron chi connectivity index (χ4n) is 3.28. The van der Waals surface area contributed by atoms with Gasteiger partial charge in [0.15, 0.2) is 0 Å². The third-order valence-electron chi connectivity index (χ3n) is 4.98. The van der Waals surface area contributed by atoms with E-state index in [1.54, 1.807) is 16.7 Å². The number of morpholine rings is 2. The number of ether oxygens (including phenoxy) is 2. The predicted molar refractivity (Wildman–Crippen MR) is 127 cm³/mol. The first-order chi connectivity index (χ1) is 15.1. The Kier molecular flexibility index (Phi) is 8.81. The zero-order valence-electron chi connectivity index (χ0n) is 18.0. The summed E-state index contributed by atoms with van der Waals surface area (Å²) >= 11 is 1.67. The summed E-state index contributed by atoms with van der Waals surface area (Å²) in [5.74, 6) is 1.54. The van der Waals surface area contributed by atoms with Crippen molar-refractivity contribution in [3.05, 3.63) is 48.2 Å². The molecule has 0 radical (unpaired) electrons. The number of urea groups is 1. The first kappa shape index (κ1) is 23.2. The largest absolute Gasteiger partial charge is 0.401 e. The van der Waals surface area contributed by atoms with Crippen LogP contribution >= 0.6 is 11.8 Å². The van der Waals surface area contributed by atoms with Crippen molar-refractivity contribution in [3.63, 3.8) is 0 Å². The number of thioether (sulfide) groups is 1. The molecule has 8 nitrogen and oxygen atoms in total. The highest BCUT2D eigenvalue weighted by molar-refractivity contribution is 7.98. The van der Waals surface area contributed by atoms with Crippen molar-refractivity contribution < 1.29 is 14.3 Å². The highest BCUT2D eigenvalue weighted by atomic mass is 32.2. The molecule has 0 spiro atoms. The Bertz CT molecular complexity index is 813. The topological polar surface area (TPSA) is 92.4 Å². The zero-order valence-corrected chi connectivity index (χ0v) is 18.8. The maximum atomic E-state index is 12.3. The second kappa shape index (κ2) is 11.8. The quantitative estimate of drug-likeness (QED) is 0.516. The highest BCUT2D eigenvalue weighted by Gasteiger charge is 2.17. The minimum atomic E-state index is -0.114. The number of benzene rings is 1. The molecule has 2 saturated heterocycles. The van der Waals surface area contributed by atoms with Gasteiger partial charge in [-0.1, -0.05) is 18.7 Å². The first-order valence-electron chi connectivity index (χ1n) is 10.4. The molecular formula is C22H31N5O3S. The summed E-state index contributed by atoms with van der Waals surface area (Å²) in [6.45, 7) is 9.37. The van der Waals surface area contributed by atoms with Crippen LogP contribution < -0.4 is 11.1 Å². The van der Waals surface area contributed by atoms with E-state index in [4.69, 9.17) is 20.2 Å². The van der Waals surface area contributed by atoms with E-state index in [9.17, 15) is 4.79 Å². The van der Waals surface area contributed by atoms with Gasteiger partial charge in [0.1, 0.15) is 5.84 Å². The van der Waals surface area contributed by atoms with Crippen molar-refractivity contribution >= 4 is 35.0 Å². The van der Waals surface area contributed by atoms with E-state index >= 15 is 0 Å². The summed E-state index contributed by atoms with van der Waals surface area (Å²) < 4.78 is 10.7. The van der Waals surface area contributed by atoms with Crippen molar-refractivity contribution in [2.45, 2.75) is 0 Å². The number of nitrogens with one attached hydrogen (secondary N) is 1. The minimum absolute atomic E-state index is 0.114. The highest BCUT2D eigenvalue weighted by Crippen LogP contribution is 2.19. The Morgan fingerprint density at radius 3 is 2.29 bits per heavy atom. The molecule has 0 unspecified atom stereocenters. The number of carbonyl (C=O) groups is 1. The molecule has 9 heteroatoms. The van der Waals surface area contributed by atoms with Gasteiger partial charge in [0.2, 0.25) is 0 Å². The number of rotatable bonds is 6. The van der Waals surface area contributed by atoms with Gasteiger partial charge in [-0.25, -0.2) is 9.79 Å². The molecule has 2 amide bonds. The van der Waals surface area contributed by atoms with Crippen LogP contribution in [0.4, 0.5) is 10.5 Å². The molecule has 2 aliphatic rings. The fraction of sp³-hybridized carbons (Fsp3) is 0.455. The van der Waals surface area contributed by atoms with Crippen molar-refractivity contribution in [2.24, 2.45) is 10.7 Å². The average Bonchev–Trinajstić information content (AvgIpc) is 2.80. The van der Waals surface area contributed by atoms with Crippen molar-refractivity contribution in [2.75, 3.05) is 69.9 Å². The standard InChI is InChI=1S/C22H31N5O3S/c1-17(24-21(15-19(23)16-31-2)26-7-11-29-12-8-26)18-3-5-20(6-4-18)25-22(28)27-9-13-30-14-10-27/h3-6,15H,1,7-14,16,23H2,2H3,(H,25,28)/b19-15-,24-21?. The summed E-state index contributed by atoms with van der Waals surface area (Å²) in [4.78, 5) is 21.0. The van der Waals surface area contributed by atoms with E-state index in [0.29, 0.717) is 45.2 Å². The van der Waals surface area contributed by atoms with E-state index in [1.807, 2.05) is 36.6 Å². The predicted octanol–water partition coefficient (Wildman–Crippen LogP) is 2.46. The molecule has 2 heterocycles. The number of hydrogen-bond donors (Lipinski definition) is 2. The molecule has 31 heavy (non-hydrogen) atoms. The zero-order chi connectivity index (χ0) is 22.1. The Morgan fingerprint density at radius 1 is 1.13 bits per heavy atom. The summed E-state index contributed by atoms with van der Waals surface area (Å²) in [6, 6.07) is 7.43. The van der Waals surface area contributed by atoms with Crippen LogP contribution in [0.15, 0.2) is 47.6 Å². The Labute approximate surface area is 188 Å². The van der Waals surface area contributed by atoms with Gasteiger partial charge < -0.3 is 30.3 Å². The molecule has 0 saturated carbocycles. The second-order valence-corrected chi connectivity index (χ2v) is 8.14. The van der Waals surface area contributed by atoms with Crippen molar-refractivity contribution in [1.29, 1.82) is 0 Å². The monoisotopic (exact) mass is 445 g/mol. The molecule has 3 N–H and O–H groups in total. The third kappa shape index (κ3) is 7.02. The van der Waals surface area contributed by atoms with Gasteiger partial charge in [-0.15, -0.1) is 0 Å². The van der Waals surface area contributed by atoms with Gasteiger partial charge in [0.25, 0.3) is 0 Å². The molecule has 2 fully saturated rings. The molecule has 0 aromatic heterocycles. The molecule has 1 aromatic rings. The summed E-state index contributed by atoms with van der Waals surface area (Å²) in [6.07, 6.45) is 3.94. The van der Waals surface area contributed by atoms with Crippen molar-refractivity contribution in [3.8, 4) is 0 Å². The van der Waals surface area contributed by atoms with E-state index < -0.39 is 0 Å². The maximum Gasteiger partial charge on any atom is 0.321 e. The van der Waals surface area contributed by atoms with E-state index in [2.05, 4.69) is 16.8 Å². The number of carbonyl (C=O) groups excluding carboxylic acids is 1. The number of nitrogens with zero attached hydrogens (tertiary/aromatic N) is 3. The molecule has 0 bridgehead atoms. The first-order valence-corrected chi connectivity index (χ1v) is 11.8. The molecule has 1 aromatic carbocycles. The van der Waals surface area contributed by atoms with Crippen LogP contribution in [0.5, 0.6) is 0 Å². The lowest BCUT2D eigenvalue weighted by atomic mass is 10.1. The van der Waals surface area contributed by atoms with Crippen LogP contribution in [0.25, 0.3) is 5.70 Å². The lowest BCUT2D eigenvalue weighted by Crippen LogP contribution is -2.43. The molecule has 3 rings (SSSR count). The molecular weight excluding hydrogens is 414 g/mol. The van der Waals surface area contributed by atoms with Gasteiger partial charge in [0.05, 0.1) is 32.1 Å². The number of anilines is 1. The molecule has 2 aliphatic heterocycles. The molecule has 168 valence electrons. The summed E-state index contributed by atoms with van der Waals surface area (Å²) in [7, 11) is 0. The second-order valence-electron chi connectivity index (χ2n) is 7.28. The van der Waals surface area contributed by atoms with E-state index in [1.165, 1.54) is 0 Å². The van der Waals surface area contributed by atoms with Crippen molar-refractivity contribution in [1.82, 2.24) is 9.80 Å². The van der Waals surface area contributed by atoms with E-state index in [0.717, 1.165) is 41.6 Å². The van der Waals surface area contributed by atoms with Crippen LogP contribution in [0.2, 0.25) is 0 Å². The SMILES string of the molecule is C=C(N=C(/C=C(\N)CSC)N1CCOCC1)c1ccc(NC(=O)N2CCOCC2)cc1.